The van der Waals surface area contributed by atoms with Crippen LogP contribution in [0.2, 0.25) is 0 Å². The van der Waals surface area contributed by atoms with E-state index >= 15 is 0 Å². The highest BCUT2D eigenvalue weighted by atomic mass is 32.1. The molecule has 2 aromatic heterocycles. The maximum atomic E-state index is 10.7. The molecular weight excluding hydrogens is 236 g/mol. The van der Waals surface area contributed by atoms with Crippen LogP contribution in [-0.2, 0) is 11.2 Å². The van der Waals surface area contributed by atoms with E-state index < -0.39 is 5.97 Å². The largest absolute Gasteiger partial charge is 0.481 e. The number of hydrogen-bond acceptors (Lipinski definition) is 4. The number of carboxylic acids is 1. The molecule has 0 aromatic carbocycles. The SMILES string of the molecule is Cc1cc(-c2sccc2C)nc(CC(=O)O)n1. The first-order valence-electron chi connectivity index (χ1n) is 5.17. The van der Waals surface area contributed by atoms with Gasteiger partial charge in [0.05, 0.1) is 10.6 Å². The van der Waals surface area contributed by atoms with Crippen molar-refractivity contribution < 1.29 is 9.90 Å². The van der Waals surface area contributed by atoms with Gasteiger partial charge >= 0.3 is 5.97 Å². The Morgan fingerprint density at radius 3 is 2.76 bits per heavy atom. The molecule has 4 nitrogen and oxygen atoms in total. The summed E-state index contributed by atoms with van der Waals surface area (Å²) in [7, 11) is 0. The van der Waals surface area contributed by atoms with E-state index in [4.69, 9.17) is 5.11 Å². The lowest BCUT2D eigenvalue weighted by molar-refractivity contribution is -0.136. The summed E-state index contributed by atoms with van der Waals surface area (Å²) < 4.78 is 0. The van der Waals surface area contributed by atoms with Crippen molar-refractivity contribution in [1.29, 1.82) is 0 Å². The minimum Gasteiger partial charge on any atom is -0.481 e. The average molecular weight is 248 g/mol. The molecule has 0 unspecified atom stereocenters. The summed E-state index contributed by atoms with van der Waals surface area (Å²) >= 11 is 1.60. The number of aryl methyl sites for hydroxylation is 2. The lowest BCUT2D eigenvalue weighted by atomic mass is 10.2. The van der Waals surface area contributed by atoms with Crippen molar-refractivity contribution in [2.45, 2.75) is 20.3 Å². The Balaban J connectivity index is 2.45. The monoisotopic (exact) mass is 248 g/mol. The second-order valence-electron chi connectivity index (χ2n) is 3.81. The third-order valence-corrected chi connectivity index (χ3v) is 3.34. The topological polar surface area (TPSA) is 63.1 Å². The fraction of sp³-hybridized carbons (Fsp3) is 0.250. The van der Waals surface area contributed by atoms with Crippen LogP contribution in [0.25, 0.3) is 10.6 Å². The molecule has 2 rings (SSSR count). The minimum absolute atomic E-state index is 0.140. The summed E-state index contributed by atoms with van der Waals surface area (Å²) in [4.78, 5) is 20.2. The molecule has 0 radical (unpaired) electrons. The summed E-state index contributed by atoms with van der Waals surface area (Å²) in [5.41, 5.74) is 2.75. The van der Waals surface area contributed by atoms with Gasteiger partial charge in [-0.3, -0.25) is 4.79 Å². The van der Waals surface area contributed by atoms with Crippen molar-refractivity contribution in [2.75, 3.05) is 0 Å². The molecule has 1 N–H and O–H groups in total. The average Bonchev–Trinajstić information content (AvgIpc) is 2.62. The van der Waals surface area contributed by atoms with Gasteiger partial charge in [-0.05, 0) is 36.9 Å². The molecule has 5 heteroatoms. The summed E-state index contributed by atoms with van der Waals surface area (Å²) in [6.07, 6.45) is -0.140. The molecule has 17 heavy (non-hydrogen) atoms. The number of nitrogens with zero attached hydrogens (tertiary/aromatic N) is 2. The van der Waals surface area contributed by atoms with Crippen molar-refractivity contribution in [3.8, 4) is 10.6 Å². The Hall–Kier alpha value is -1.75. The Morgan fingerprint density at radius 1 is 1.41 bits per heavy atom. The van der Waals surface area contributed by atoms with Crippen LogP contribution in [0.15, 0.2) is 17.5 Å². The van der Waals surface area contributed by atoms with E-state index in [9.17, 15) is 4.79 Å². The molecule has 0 aliphatic carbocycles. The molecule has 0 saturated carbocycles. The fourth-order valence-electron chi connectivity index (χ4n) is 1.60. The number of carbonyl (C=O) groups is 1. The third-order valence-electron chi connectivity index (χ3n) is 2.30. The highest BCUT2D eigenvalue weighted by molar-refractivity contribution is 7.13. The van der Waals surface area contributed by atoms with Crippen LogP contribution in [0.4, 0.5) is 0 Å². The molecule has 0 spiro atoms. The highest BCUT2D eigenvalue weighted by Gasteiger charge is 2.10. The van der Waals surface area contributed by atoms with Gasteiger partial charge < -0.3 is 5.11 Å². The number of hydrogen-bond donors (Lipinski definition) is 1. The van der Waals surface area contributed by atoms with Crippen LogP contribution in [0.5, 0.6) is 0 Å². The Morgan fingerprint density at radius 2 is 2.18 bits per heavy atom. The molecule has 2 heterocycles. The number of aromatic nitrogens is 2. The molecule has 88 valence electrons. The number of carboxylic acid groups (broad SMARTS) is 1. The third kappa shape index (κ3) is 2.68. The van der Waals surface area contributed by atoms with Crippen molar-refractivity contribution in [3.63, 3.8) is 0 Å². The molecule has 2 aromatic rings. The van der Waals surface area contributed by atoms with E-state index in [1.54, 1.807) is 11.3 Å². The van der Waals surface area contributed by atoms with Crippen LogP contribution in [-0.4, -0.2) is 21.0 Å². The second kappa shape index (κ2) is 4.63. The van der Waals surface area contributed by atoms with Crippen LogP contribution in [0.3, 0.4) is 0 Å². The maximum Gasteiger partial charge on any atom is 0.311 e. The Labute approximate surface area is 103 Å². The number of aliphatic carboxylic acids is 1. The molecule has 0 bridgehead atoms. The Bertz CT molecular complexity index is 563. The predicted molar refractivity (Wildman–Crippen MR) is 66.2 cm³/mol. The molecule has 0 aliphatic heterocycles. The molecule has 0 saturated heterocycles. The van der Waals surface area contributed by atoms with E-state index in [-0.39, 0.29) is 6.42 Å². The lowest BCUT2D eigenvalue weighted by Crippen LogP contribution is -2.06. The highest BCUT2D eigenvalue weighted by Crippen LogP contribution is 2.27. The van der Waals surface area contributed by atoms with Crippen molar-refractivity contribution in [1.82, 2.24) is 9.97 Å². The predicted octanol–water partition coefficient (Wildman–Crippen LogP) is 2.45. The van der Waals surface area contributed by atoms with E-state index in [0.29, 0.717) is 5.82 Å². The zero-order chi connectivity index (χ0) is 12.4. The smallest absolute Gasteiger partial charge is 0.311 e. The standard InChI is InChI=1S/C12H12N2O2S/c1-7-3-4-17-12(7)9-5-8(2)13-10(14-9)6-11(15)16/h3-5H,6H2,1-2H3,(H,15,16). The quantitative estimate of drug-likeness (QED) is 0.906. The zero-order valence-corrected chi connectivity index (χ0v) is 10.4. The summed E-state index contributed by atoms with van der Waals surface area (Å²) in [6, 6.07) is 3.90. The van der Waals surface area contributed by atoms with Gasteiger partial charge in [0.25, 0.3) is 0 Å². The molecular formula is C12H12N2O2S. The normalized spacial score (nSPS) is 10.5. The van der Waals surface area contributed by atoms with Crippen molar-refractivity contribution in [2.24, 2.45) is 0 Å². The summed E-state index contributed by atoms with van der Waals surface area (Å²) in [5, 5.41) is 10.8. The van der Waals surface area contributed by atoms with Gasteiger partial charge in [0, 0.05) is 5.69 Å². The fourth-order valence-corrected chi connectivity index (χ4v) is 2.48. The molecule has 0 amide bonds. The lowest BCUT2D eigenvalue weighted by Gasteiger charge is -2.04. The number of thiophene rings is 1. The molecule has 0 aliphatic rings. The van der Waals surface area contributed by atoms with Gasteiger partial charge in [-0.2, -0.15) is 0 Å². The van der Waals surface area contributed by atoms with Gasteiger partial charge in [0.2, 0.25) is 0 Å². The van der Waals surface area contributed by atoms with E-state index in [1.807, 2.05) is 31.4 Å². The van der Waals surface area contributed by atoms with Crippen LogP contribution in [0.1, 0.15) is 17.1 Å². The first kappa shape index (κ1) is 11.7. The van der Waals surface area contributed by atoms with E-state index in [1.165, 1.54) is 0 Å². The molecule has 0 fully saturated rings. The van der Waals surface area contributed by atoms with Gasteiger partial charge in [0.1, 0.15) is 12.2 Å². The van der Waals surface area contributed by atoms with Gasteiger partial charge in [-0.25, -0.2) is 9.97 Å². The zero-order valence-electron chi connectivity index (χ0n) is 9.60. The van der Waals surface area contributed by atoms with Gasteiger partial charge in [-0.1, -0.05) is 0 Å². The Kier molecular flexibility index (Phi) is 3.19. The summed E-state index contributed by atoms with van der Waals surface area (Å²) in [6.45, 7) is 3.86. The maximum absolute atomic E-state index is 10.7. The minimum atomic E-state index is -0.913. The molecule has 0 atom stereocenters. The number of rotatable bonds is 3. The van der Waals surface area contributed by atoms with Crippen LogP contribution < -0.4 is 0 Å². The summed E-state index contributed by atoms with van der Waals surface area (Å²) in [5.74, 6) is -0.551. The van der Waals surface area contributed by atoms with Crippen molar-refractivity contribution >= 4 is 17.3 Å². The van der Waals surface area contributed by atoms with Gasteiger partial charge in [0.15, 0.2) is 0 Å². The first-order chi connectivity index (χ1) is 8.06. The van der Waals surface area contributed by atoms with Crippen LogP contribution >= 0.6 is 11.3 Å². The van der Waals surface area contributed by atoms with Crippen LogP contribution in [0, 0.1) is 13.8 Å². The van der Waals surface area contributed by atoms with Crippen molar-refractivity contribution in [3.05, 3.63) is 34.6 Å². The first-order valence-corrected chi connectivity index (χ1v) is 6.05. The second-order valence-corrected chi connectivity index (χ2v) is 4.73. The van der Waals surface area contributed by atoms with E-state index in [0.717, 1.165) is 21.8 Å². The van der Waals surface area contributed by atoms with E-state index in [2.05, 4.69) is 9.97 Å². The van der Waals surface area contributed by atoms with Gasteiger partial charge in [-0.15, -0.1) is 11.3 Å².